The van der Waals surface area contributed by atoms with Gasteiger partial charge in [0.2, 0.25) is 5.91 Å². The van der Waals surface area contributed by atoms with Crippen LogP contribution in [-0.2, 0) is 9.59 Å². The second-order valence-electron chi connectivity index (χ2n) is 7.91. The number of piperazine rings is 1. The third kappa shape index (κ3) is 6.31. The Bertz CT molecular complexity index is 621. The van der Waals surface area contributed by atoms with Gasteiger partial charge in [-0.2, -0.15) is 0 Å². The van der Waals surface area contributed by atoms with E-state index in [1.54, 1.807) is 12.1 Å². The number of halogens is 1. The number of nitrogens with zero attached hydrogens (tertiary/aromatic N) is 1. The van der Waals surface area contributed by atoms with Gasteiger partial charge in [-0.15, -0.1) is 0 Å². The van der Waals surface area contributed by atoms with Gasteiger partial charge < -0.3 is 15.1 Å². The number of anilines is 1. The highest BCUT2D eigenvalue weighted by Gasteiger charge is 2.25. The first-order valence-corrected chi connectivity index (χ1v) is 10.3. The van der Waals surface area contributed by atoms with Crippen molar-refractivity contribution in [2.45, 2.75) is 44.9 Å². The lowest BCUT2D eigenvalue weighted by molar-refractivity contribution is -0.895. The van der Waals surface area contributed by atoms with E-state index in [2.05, 4.69) is 5.32 Å². The predicted molar refractivity (Wildman–Crippen MR) is 103 cm³/mol. The smallest absolute Gasteiger partial charge is 0.279 e. The highest BCUT2D eigenvalue weighted by molar-refractivity contribution is 5.91. The minimum absolute atomic E-state index is 0.0753. The van der Waals surface area contributed by atoms with Gasteiger partial charge in [-0.25, -0.2) is 4.39 Å². The van der Waals surface area contributed by atoms with Crippen LogP contribution in [0.25, 0.3) is 0 Å². The van der Waals surface area contributed by atoms with Gasteiger partial charge in [-0.3, -0.25) is 9.59 Å². The lowest BCUT2D eigenvalue weighted by Crippen LogP contribution is -3.15. The minimum atomic E-state index is -0.317. The van der Waals surface area contributed by atoms with Crippen molar-refractivity contribution in [3.05, 3.63) is 30.1 Å². The van der Waals surface area contributed by atoms with E-state index in [-0.39, 0.29) is 17.6 Å². The van der Waals surface area contributed by atoms with E-state index >= 15 is 0 Å². The first-order valence-electron chi connectivity index (χ1n) is 10.3. The van der Waals surface area contributed by atoms with Crippen LogP contribution in [0.4, 0.5) is 10.1 Å². The molecule has 148 valence electrons. The molecule has 1 aromatic rings. The average molecular weight is 376 g/mol. The van der Waals surface area contributed by atoms with Crippen molar-refractivity contribution in [1.29, 1.82) is 0 Å². The minimum Gasteiger partial charge on any atom is -0.331 e. The van der Waals surface area contributed by atoms with E-state index in [0.717, 1.165) is 38.5 Å². The number of nitrogens with one attached hydrogen (secondary N) is 2. The van der Waals surface area contributed by atoms with Crippen LogP contribution in [0.3, 0.4) is 0 Å². The molecule has 0 bridgehead atoms. The van der Waals surface area contributed by atoms with Gasteiger partial charge in [-0.05, 0) is 36.6 Å². The van der Waals surface area contributed by atoms with Gasteiger partial charge in [0.25, 0.3) is 5.91 Å². The van der Waals surface area contributed by atoms with Crippen molar-refractivity contribution >= 4 is 17.5 Å². The first-order chi connectivity index (χ1) is 13.1. The Morgan fingerprint density at radius 3 is 2.41 bits per heavy atom. The largest absolute Gasteiger partial charge is 0.331 e. The number of amides is 2. The highest BCUT2D eigenvalue weighted by Crippen LogP contribution is 2.27. The summed E-state index contributed by atoms with van der Waals surface area (Å²) in [5.41, 5.74) is 0.609. The van der Waals surface area contributed by atoms with Crippen LogP contribution in [0.5, 0.6) is 0 Å². The fourth-order valence-electron chi connectivity index (χ4n) is 4.18. The Morgan fingerprint density at radius 1 is 1.07 bits per heavy atom. The van der Waals surface area contributed by atoms with Gasteiger partial charge in [0.15, 0.2) is 6.54 Å². The average Bonchev–Trinajstić information content (AvgIpc) is 2.69. The summed E-state index contributed by atoms with van der Waals surface area (Å²) < 4.78 is 12.9. The second-order valence-corrected chi connectivity index (χ2v) is 7.91. The third-order valence-electron chi connectivity index (χ3n) is 5.85. The van der Waals surface area contributed by atoms with Crippen molar-refractivity contribution in [2.75, 3.05) is 38.0 Å². The molecule has 0 spiro atoms. The maximum Gasteiger partial charge on any atom is 0.279 e. The Balaban J connectivity index is 1.34. The maximum absolute atomic E-state index is 12.9. The number of hydrogen-bond donors (Lipinski definition) is 2. The SMILES string of the molecule is O=C(C[NH+]1CCN(C(=O)CCC2CCCCC2)CC1)Nc1ccc(F)cc1. The quantitative estimate of drug-likeness (QED) is 0.796. The third-order valence-corrected chi connectivity index (χ3v) is 5.85. The Hall–Kier alpha value is -1.95. The number of rotatable bonds is 6. The van der Waals surface area contributed by atoms with Gasteiger partial charge in [0, 0.05) is 12.1 Å². The Labute approximate surface area is 160 Å². The number of hydrogen-bond acceptors (Lipinski definition) is 2. The van der Waals surface area contributed by atoms with Gasteiger partial charge in [-0.1, -0.05) is 32.1 Å². The molecule has 2 N–H and O–H groups in total. The normalized spacial score (nSPS) is 19.1. The van der Waals surface area contributed by atoms with Crippen LogP contribution in [0.15, 0.2) is 24.3 Å². The molecular weight excluding hydrogens is 345 g/mol. The highest BCUT2D eigenvalue weighted by atomic mass is 19.1. The zero-order valence-electron chi connectivity index (χ0n) is 16.0. The molecule has 1 saturated carbocycles. The summed E-state index contributed by atoms with van der Waals surface area (Å²) >= 11 is 0. The lowest BCUT2D eigenvalue weighted by atomic mass is 9.86. The topological polar surface area (TPSA) is 53.9 Å². The summed E-state index contributed by atoms with van der Waals surface area (Å²) in [5.74, 6) is 0.622. The molecule has 3 rings (SSSR count). The fraction of sp³-hybridized carbons (Fsp3) is 0.619. The molecule has 2 aliphatic rings. The van der Waals surface area contributed by atoms with Gasteiger partial charge in [0.1, 0.15) is 5.82 Å². The molecule has 0 atom stereocenters. The first kappa shape index (κ1) is 19.8. The number of quaternary nitrogens is 1. The molecule has 27 heavy (non-hydrogen) atoms. The molecular formula is C21H31FN3O2+. The molecule has 6 heteroatoms. The Kier molecular flexibility index (Phi) is 7.21. The lowest BCUT2D eigenvalue weighted by Gasteiger charge is -2.32. The molecule has 5 nitrogen and oxygen atoms in total. The predicted octanol–water partition coefficient (Wildman–Crippen LogP) is 1.85. The van der Waals surface area contributed by atoms with Gasteiger partial charge >= 0.3 is 0 Å². The summed E-state index contributed by atoms with van der Waals surface area (Å²) in [6.45, 7) is 3.42. The molecule has 1 saturated heterocycles. The van der Waals surface area contributed by atoms with Gasteiger partial charge in [0.05, 0.1) is 26.2 Å². The van der Waals surface area contributed by atoms with E-state index in [0.29, 0.717) is 18.7 Å². The molecule has 0 unspecified atom stereocenters. The maximum atomic E-state index is 12.9. The van der Waals surface area contributed by atoms with E-state index < -0.39 is 0 Å². The summed E-state index contributed by atoms with van der Waals surface area (Å²) in [5, 5.41) is 2.80. The van der Waals surface area contributed by atoms with Crippen LogP contribution in [0.1, 0.15) is 44.9 Å². The van der Waals surface area contributed by atoms with Crippen LogP contribution in [0.2, 0.25) is 0 Å². The second kappa shape index (κ2) is 9.83. The zero-order valence-corrected chi connectivity index (χ0v) is 16.0. The molecule has 1 heterocycles. The molecule has 0 radical (unpaired) electrons. The number of benzene rings is 1. The van der Waals surface area contributed by atoms with Crippen LogP contribution < -0.4 is 10.2 Å². The van der Waals surface area contributed by atoms with Crippen molar-refractivity contribution in [3.8, 4) is 0 Å². The van der Waals surface area contributed by atoms with Crippen molar-refractivity contribution in [2.24, 2.45) is 5.92 Å². The summed E-state index contributed by atoms with van der Waals surface area (Å²) in [6.07, 6.45) is 8.27. The Morgan fingerprint density at radius 2 is 1.74 bits per heavy atom. The molecule has 0 aromatic heterocycles. The van der Waals surface area contributed by atoms with Crippen LogP contribution in [0, 0.1) is 11.7 Å². The summed E-state index contributed by atoms with van der Waals surface area (Å²) in [4.78, 5) is 27.7. The molecule has 1 aromatic carbocycles. The van der Waals surface area contributed by atoms with E-state index in [4.69, 9.17) is 0 Å². The number of carbonyl (C=O) groups is 2. The summed E-state index contributed by atoms with van der Waals surface area (Å²) in [7, 11) is 0. The molecule has 2 fully saturated rings. The van der Waals surface area contributed by atoms with Crippen LogP contribution in [-0.4, -0.2) is 49.4 Å². The van der Waals surface area contributed by atoms with E-state index in [9.17, 15) is 14.0 Å². The van der Waals surface area contributed by atoms with Crippen LogP contribution >= 0.6 is 0 Å². The van der Waals surface area contributed by atoms with Crippen molar-refractivity contribution < 1.29 is 18.9 Å². The number of carbonyl (C=O) groups excluding carboxylic acids is 2. The van der Waals surface area contributed by atoms with E-state index in [1.165, 1.54) is 49.1 Å². The standard InChI is InChI=1S/C21H30FN3O2/c22-18-7-9-19(10-8-18)23-20(26)16-24-12-14-25(15-13-24)21(27)11-6-17-4-2-1-3-5-17/h7-10,17H,1-6,11-16H2,(H,23,26)/p+1. The van der Waals surface area contributed by atoms with Crippen molar-refractivity contribution in [1.82, 2.24) is 4.90 Å². The summed E-state index contributed by atoms with van der Waals surface area (Å²) in [6, 6.07) is 5.79. The fourth-order valence-corrected chi connectivity index (χ4v) is 4.18. The molecule has 1 aliphatic carbocycles. The monoisotopic (exact) mass is 376 g/mol. The molecule has 1 aliphatic heterocycles. The molecule has 2 amide bonds. The zero-order chi connectivity index (χ0) is 19.1. The van der Waals surface area contributed by atoms with E-state index in [1.807, 2.05) is 4.90 Å². The van der Waals surface area contributed by atoms with Crippen molar-refractivity contribution in [3.63, 3.8) is 0 Å².